The van der Waals surface area contributed by atoms with Gasteiger partial charge in [-0.05, 0) is 12.1 Å². The van der Waals surface area contributed by atoms with Gasteiger partial charge in [0.25, 0.3) is 5.91 Å². The maximum Gasteiger partial charge on any atom is 0.275 e. The van der Waals surface area contributed by atoms with Crippen molar-refractivity contribution < 1.29 is 4.79 Å². The number of nitrogens with one attached hydrogen (secondary N) is 2. The number of hydrogen-bond acceptors (Lipinski definition) is 3. The minimum atomic E-state index is -0.182. The van der Waals surface area contributed by atoms with Crippen LogP contribution in [0.4, 0.5) is 0 Å². The molecule has 6 heteroatoms. The molecule has 0 aromatic carbocycles. The first-order valence-corrected chi connectivity index (χ1v) is 6.66. The third-order valence-corrected chi connectivity index (χ3v) is 3.29. The number of nitrogens with zero attached hydrogens (tertiary/aromatic N) is 2. The Morgan fingerprint density at radius 1 is 1.40 bits per heavy atom. The Kier molecular flexibility index (Phi) is 3.06. The van der Waals surface area contributed by atoms with Gasteiger partial charge in [0.1, 0.15) is 17.2 Å². The van der Waals surface area contributed by atoms with Crippen LogP contribution in [-0.4, -0.2) is 21.7 Å². The molecule has 2 aromatic heterocycles. The first-order chi connectivity index (χ1) is 9.54. The Hall–Kier alpha value is -2.14. The number of aromatic amines is 1. The van der Waals surface area contributed by atoms with Crippen LogP contribution in [0.5, 0.6) is 0 Å². The molecule has 0 unspecified atom stereocenters. The van der Waals surface area contributed by atoms with Crippen molar-refractivity contribution >= 4 is 40.5 Å². The number of carbonyl (C=O) groups is 1. The fourth-order valence-electron chi connectivity index (χ4n) is 2.03. The molecule has 0 spiro atoms. The van der Waals surface area contributed by atoms with Gasteiger partial charge in [0, 0.05) is 29.3 Å². The number of amides is 1. The standard InChI is InChI=1S/C14H13ClN4O/c1-7(2)12-18-11(14(20)19-12)3-8-5-16-13-10(8)4-9(15)6-17-13/h3-7H,1-2H3,(H,16,17)(H,18,19,20)/b11-3-. The van der Waals surface area contributed by atoms with Gasteiger partial charge in [-0.3, -0.25) is 4.79 Å². The monoisotopic (exact) mass is 288 g/mol. The number of fused-ring (bicyclic) bond motifs is 1. The van der Waals surface area contributed by atoms with E-state index < -0.39 is 0 Å². The van der Waals surface area contributed by atoms with E-state index in [0.29, 0.717) is 16.6 Å². The first kappa shape index (κ1) is 12.9. The second-order valence-corrected chi connectivity index (χ2v) is 5.37. The number of aromatic nitrogens is 2. The predicted octanol–water partition coefficient (Wildman–Crippen LogP) is 2.74. The zero-order chi connectivity index (χ0) is 14.3. The van der Waals surface area contributed by atoms with Crippen molar-refractivity contribution in [3.05, 3.63) is 34.7 Å². The maximum absolute atomic E-state index is 11.9. The summed E-state index contributed by atoms with van der Waals surface area (Å²) >= 11 is 5.95. The highest BCUT2D eigenvalue weighted by molar-refractivity contribution is 6.31. The molecule has 0 bridgehead atoms. The van der Waals surface area contributed by atoms with Gasteiger partial charge in [0.05, 0.1) is 5.02 Å². The van der Waals surface area contributed by atoms with Gasteiger partial charge in [-0.1, -0.05) is 25.4 Å². The highest BCUT2D eigenvalue weighted by Gasteiger charge is 2.22. The van der Waals surface area contributed by atoms with Crippen molar-refractivity contribution in [2.24, 2.45) is 10.9 Å². The Bertz CT molecular complexity index is 758. The smallest absolute Gasteiger partial charge is 0.275 e. The lowest BCUT2D eigenvalue weighted by molar-refractivity contribution is -0.115. The van der Waals surface area contributed by atoms with Crippen molar-refractivity contribution in [1.29, 1.82) is 0 Å². The van der Waals surface area contributed by atoms with Gasteiger partial charge in [0.15, 0.2) is 0 Å². The Labute approximate surface area is 120 Å². The van der Waals surface area contributed by atoms with E-state index in [1.165, 1.54) is 0 Å². The molecule has 0 fully saturated rings. The molecule has 2 N–H and O–H groups in total. The summed E-state index contributed by atoms with van der Waals surface area (Å²) in [6.45, 7) is 3.97. The SMILES string of the molecule is CC(C)C1=N/C(=C\c2c[nH]c3ncc(Cl)cc23)C(=O)N1. The fraction of sp³-hybridized carbons (Fsp3) is 0.214. The summed E-state index contributed by atoms with van der Waals surface area (Å²) in [6, 6.07) is 1.81. The minimum Gasteiger partial charge on any atom is -0.346 e. The highest BCUT2D eigenvalue weighted by atomic mass is 35.5. The maximum atomic E-state index is 11.9. The highest BCUT2D eigenvalue weighted by Crippen LogP contribution is 2.23. The summed E-state index contributed by atoms with van der Waals surface area (Å²) in [7, 11) is 0. The number of pyridine rings is 1. The molecular formula is C14H13ClN4O. The Balaban J connectivity index is 2.06. The average molecular weight is 289 g/mol. The number of hydrogen-bond donors (Lipinski definition) is 2. The summed E-state index contributed by atoms with van der Waals surface area (Å²) < 4.78 is 0. The summed E-state index contributed by atoms with van der Waals surface area (Å²) in [5.74, 6) is 0.694. The molecular weight excluding hydrogens is 276 g/mol. The second-order valence-electron chi connectivity index (χ2n) is 4.93. The largest absolute Gasteiger partial charge is 0.346 e. The lowest BCUT2D eigenvalue weighted by atomic mass is 10.2. The van der Waals surface area contributed by atoms with E-state index >= 15 is 0 Å². The van der Waals surface area contributed by atoms with Crippen LogP contribution in [0.15, 0.2) is 29.1 Å². The zero-order valence-electron chi connectivity index (χ0n) is 11.1. The minimum absolute atomic E-state index is 0.182. The zero-order valence-corrected chi connectivity index (χ0v) is 11.8. The average Bonchev–Trinajstić information content (AvgIpc) is 2.95. The second kappa shape index (κ2) is 4.76. The van der Waals surface area contributed by atoms with Crippen molar-refractivity contribution in [2.75, 3.05) is 0 Å². The van der Waals surface area contributed by atoms with E-state index in [1.807, 2.05) is 19.9 Å². The summed E-state index contributed by atoms with van der Waals surface area (Å²) in [6.07, 6.45) is 5.10. The van der Waals surface area contributed by atoms with Gasteiger partial charge in [-0.2, -0.15) is 0 Å². The molecule has 0 saturated carbocycles. The molecule has 3 heterocycles. The molecule has 5 nitrogen and oxygen atoms in total. The van der Waals surface area contributed by atoms with Gasteiger partial charge < -0.3 is 10.3 Å². The van der Waals surface area contributed by atoms with Crippen molar-refractivity contribution in [1.82, 2.24) is 15.3 Å². The van der Waals surface area contributed by atoms with E-state index in [4.69, 9.17) is 11.6 Å². The van der Waals surface area contributed by atoms with Crippen LogP contribution in [0.2, 0.25) is 5.02 Å². The molecule has 3 rings (SSSR count). The normalized spacial score (nSPS) is 17.1. The topological polar surface area (TPSA) is 70.1 Å². The van der Waals surface area contributed by atoms with Crippen LogP contribution in [0.3, 0.4) is 0 Å². The van der Waals surface area contributed by atoms with E-state index in [2.05, 4.69) is 20.3 Å². The number of rotatable bonds is 2. The summed E-state index contributed by atoms with van der Waals surface area (Å²) in [5.41, 5.74) is 1.97. The van der Waals surface area contributed by atoms with Crippen molar-refractivity contribution in [2.45, 2.75) is 13.8 Å². The van der Waals surface area contributed by atoms with Crippen LogP contribution in [0.1, 0.15) is 19.4 Å². The quantitative estimate of drug-likeness (QED) is 0.834. The third-order valence-electron chi connectivity index (χ3n) is 3.08. The number of halogens is 1. The summed E-state index contributed by atoms with van der Waals surface area (Å²) in [5, 5.41) is 4.19. The van der Waals surface area contributed by atoms with Crippen LogP contribution >= 0.6 is 11.6 Å². The van der Waals surface area contributed by atoms with Gasteiger partial charge >= 0.3 is 0 Å². The third kappa shape index (κ3) is 2.20. The molecule has 1 aliphatic rings. The van der Waals surface area contributed by atoms with Crippen LogP contribution < -0.4 is 5.32 Å². The summed E-state index contributed by atoms with van der Waals surface area (Å²) in [4.78, 5) is 23.4. The van der Waals surface area contributed by atoms with Gasteiger partial charge in [-0.25, -0.2) is 9.98 Å². The van der Waals surface area contributed by atoms with Crippen LogP contribution in [0, 0.1) is 5.92 Å². The van der Waals surface area contributed by atoms with Gasteiger partial charge in [0.2, 0.25) is 0 Å². The molecule has 1 aliphatic heterocycles. The van der Waals surface area contributed by atoms with Crippen LogP contribution in [0.25, 0.3) is 17.1 Å². The predicted molar refractivity (Wildman–Crippen MR) is 79.5 cm³/mol. The number of carbonyl (C=O) groups excluding carboxylic acids is 1. The molecule has 0 saturated heterocycles. The van der Waals surface area contributed by atoms with Crippen molar-refractivity contribution in [3.63, 3.8) is 0 Å². The molecule has 0 radical (unpaired) electrons. The lowest BCUT2D eigenvalue weighted by Gasteiger charge is -2.01. The van der Waals surface area contributed by atoms with Crippen LogP contribution in [-0.2, 0) is 4.79 Å². The number of H-pyrrole nitrogens is 1. The van der Waals surface area contributed by atoms with E-state index in [-0.39, 0.29) is 11.8 Å². The fourth-order valence-corrected chi connectivity index (χ4v) is 2.18. The number of aliphatic imine (C=N–C) groups is 1. The van der Waals surface area contributed by atoms with E-state index in [0.717, 1.165) is 16.6 Å². The number of amidine groups is 1. The van der Waals surface area contributed by atoms with Gasteiger partial charge in [-0.15, -0.1) is 0 Å². The molecule has 0 atom stereocenters. The Morgan fingerprint density at radius 2 is 2.20 bits per heavy atom. The molecule has 0 aliphatic carbocycles. The lowest BCUT2D eigenvalue weighted by Crippen LogP contribution is -2.27. The van der Waals surface area contributed by atoms with Crippen molar-refractivity contribution in [3.8, 4) is 0 Å². The Morgan fingerprint density at radius 3 is 2.90 bits per heavy atom. The molecule has 102 valence electrons. The molecule has 20 heavy (non-hydrogen) atoms. The molecule has 2 aromatic rings. The molecule has 1 amide bonds. The van der Waals surface area contributed by atoms with E-state index in [9.17, 15) is 4.79 Å². The van der Waals surface area contributed by atoms with E-state index in [1.54, 1.807) is 18.5 Å². The first-order valence-electron chi connectivity index (χ1n) is 6.29.